The van der Waals surface area contributed by atoms with E-state index in [-0.39, 0.29) is 36.2 Å². The van der Waals surface area contributed by atoms with Gasteiger partial charge in [0.2, 0.25) is 17.7 Å². The van der Waals surface area contributed by atoms with Gasteiger partial charge in [0.05, 0.1) is 18.1 Å². The summed E-state index contributed by atoms with van der Waals surface area (Å²) in [7, 11) is 1.72. The molecule has 7 atom stereocenters. The molecule has 4 heterocycles. The summed E-state index contributed by atoms with van der Waals surface area (Å²) in [6.45, 7) is 13.1. The van der Waals surface area contributed by atoms with Gasteiger partial charge in [0, 0.05) is 38.7 Å². The molecule has 3 amide bonds. The molecule has 2 fully saturated rings. The van der Waals surface area contributed by atoms with Crippen LogP contribution in [0.1, 0.15) is 91.7 Å². The molecule has 2 saturated heterocycles. The molecule has 1 aromatic carbocycles. The monoisotopic (exact) mass is 677 g/mol. The normalized spacial score (nSPS) is 31.8. The van der Waals surface area contributed by atoms with E-state index in [0.29, 0.717) is 38.8 Å². The van der Waals surface area contributed by atoms with Gasteiger partial charge in [0.15, 0.2) is 0 Å². The minimum absolute atomic E-state index is 0.0488. The van der Waals surface area contributed by atoms with Crippen LogP contribution in [0, 0.1) is 17.3 Å². The fraction of sp³-hybridized carbons (Fsp3) is 0.641. The van der Waals surface area contributed by atoms with Crippen molar-refractivity contribution in [3.05, 3.63) is 60.2 Å². The SMILES string of the molecule is C[C@@H]1[C@@H](c2ccccc2)OC(=O)[C@@H]2[C@H]3C(=O)N(CCCCCO)[C@@H]4C(=O)N(C(C)(C)CC(C)(C)C)CC=C[C@]34O[C@@H]2/C=C\CCC(=O)N1C. The standard InChI is InChI=1S/C39H55N3O7/c1-26-32(27-17-10-8-11-18-27)48-36(47)30-28(19-12-13-20-29(44)40(26)7)49-39-21-16-23-42(38(5,6)25-37(2,3)4)35(46)33(39)41(34(45)31(30)39)22-14-9-15-24-43/h8,10-12,16-19,21,26,28,30-33,43H,9,13-15,20,22-25H2,1-7H3/b19-12-/t26-,28-,30+,31+,32+,33-,39+/m1/s1. The number of fused-ring (bicyclic) bond motifs is 2. The number of cyclic esters (lactones) is 1. The number of amides is 3. The number of carbonyl (C=O) groups is 4. The van der Waals surface area contributed by atoms with Crippen LogP contribution in [0.5, 0.6) is 0 Å². The Kier molecular flexibility index (Phi) is 10.8. The largest absolute Gasteiger partial charge is 0.455 e. The maximum absolute atomic E-state index is 14.9. The molecule has 0 radical (unpaired) electrons. The van der Waals surface area contributed by atoms with Crippen molar-refractivity contribution >= 4 is 23.7 Å². The Hall–Kier alpha value is -3.50. The molecule has 10 nitrogen and oxygen atoms in total. The molecule has 4 aliphatic heterocycles. The molecular formula is C39H55N3O7. The van der Waals surface area contributed by atoms with Crippen LogP contribution in [-0.4, -0.2) is 99.6 Å². The lowest BCUT2D eigenvalue weighted by Gasteiger charge is -2.44. The van der Waals surface area contributed by atoms with Crippen molar-refractivity contribution in [1.82, 2.24) is 14.7 Å². The average molecular weight is 678 g/mol. The highest BCUT2D eigenvalue weighted by atomic mass is 16.6. The minimum atomic E-state index is -1.39. The summed E-state index contributed by atoms with van der Waals surface area (Å²) in [5.74, 6) is -3.17. The van der Waals surface area contributed by atoms with Gasteiger partial charge < -0.3 is 29.3 Å². The number of hydrogen-bond donors (Lipinski definition) is 1. The van der Waals surface area contributed by atoms with Crippen LogP contribution in [0.25, 0.3) is 0 Å². The molecule has 10 heteroatoms. The molecular weight excluding hydrogens is 622 g/mol. The number of allylic oxidation sites excluding steroid dienone is 1. The number of esters is 1. The summed E-state index contributed by atoms with van der Waals surface area (Å²) < 4.78 is 13.3. The quantitative estimate of drug-likeness (QED) is 0.238. The Labute approximate surface area is 291 Å². The summed E-state index contributed by atoms with van der Waals surface area (Å²) in [6.07, 6.45) is 9.07. The number of carbonyl (C=O) groups excluding carboxylic acids is 4. The van der Waals surface area contributed by atoms with Gasteiger partial charge in [-0.2, -0.15) is 0 Å². The molecule has 0 unspecified atom stereocenters. The van der Waals surface area contributed by atoms with E-state index in [1.54, 1.807) is 22.9 Å². The second-order valence-electron chi connectivity index (χ2n) is 16.0. The van der Waals surface area contributed by atoms with Gasteiger partial charge >= 0.3 is 5.97 Å². The van der Waals surface area contributed by atoms with Crippen LogP contribution in [0.4, 0.5) is 0 Å². The van der Waals surface area contributed by atoms with E-state index in [9.17, 15) is 24.3 Å². The number of aliphatic hydroxyl groups is 1. The number of likely N-dealkylation sites (tertiary alicyclic amines) is 1. The van der Waals surface area contributed by atoms with Gasteiger partial charge in [-0.25, -0.2) is 0 Å². The lowest BCUT2D eigenvalue weighted by atomic mass is 9.77. The highest BCUT2D eigenvalue weighted by Gasteiger charge is 2.72. The highest BCUT2D eigenvalue weighted by Crippen LogP contribution is 2.54. The molecule has 0 bridgehead atoms. The number of hydrogen-bond acceptors (Lipinski definition) is 7. The number of ether oxygens (including phenoxy) is 2. The van der Waals surface area contributed by atoms with Crippen LogP contribution in [0.3, 0.4) is 0 Å². The highest BCUT2D eigenvalue weighted by molar-refractivity contribution is 5.99. The second-order valence-corrected chi connectivity index (χ2v) is 16.0. The van der Waals surface area contributed by atoms with Gasteiger partial charge in [-0.3, -0.25) is 19.2 Å². The van der Waals surface area contributed by atoms with Gasteiger partial charge in [-0.05, 0) is 63.9 Å². The van der Waals surface area contributed by atoms with Crippen molar-refractivity contribution in [2.45, 2.75) is 115 Å². The predicted octanol–water partition coefficient (Wildman–Crippen LogP) is 4.82. The van der Waals surface area contributed by atoms with Crippen LogP contribution in [0.2, 0.25) is 0 Å². The molecule has 0 aromatic heterocycles. The molecule has 0 aliphatic carbocycles. The third-order valence-corrected chi connectivity index (χ3v) is 10.7. The minimum Gasteiger partial charge on any atom is -0.455 e. The molecule has 1 aromatic rings. The lowest BCUT2D eigenvalue weighted by molar-refractivity contribution is -0.164. The van der Waals surface area contributed by atoms with Crippen molar-refractivity contribution in [1.29, 1.82) is 0 Å². The molecule has 5 rings (SSSR count). The first-order valence-corrected chi connectivity index (χ1v) is 17.9. The number of unbranched alkanes of at least 4 members (excludes halogenated alkanes) is 2. The first-order chi connectivity index (χ1) is 23.1. The summed E-state index contributed by atoms with van der Waals surface area (Å²) in [5, 5.41) is 9.42. The predicted molar refractivity (Wildman–Crippen MR) is 186 cm³/mol. The Morgan fingerprint density at radius 2 is 1.67 bits per heavy atom. The molecule has 49 heavy (non-hydrogen) atoms. The first-order valence-electron chi connectivity index (χ1n) is 17.9. The van der Waals surface area contributed by atoms with E-state index in [0.717, 1.165) is 12.0 Å². The average Bonchev–Trinajstić information content (AvgIpc) is 3.41. The number of aliphatic hydroxyl groups excluding tert-OH is 1. The van der Waals surface area contributed by atoms with E-state index in [1.807, 2.05) is 60.4 Å². The fourth-order valence-electron chi connectivity index (χ4n) is 8.64. The number of benzene rings is 1. The summed E-state index contributed by atoms with van der Waals surface area (Å²) in [4.78, 5) is 62.5. The Balaban J connectivity index is 1.59. The van der Waals surface area contributed by atoms with Crippen molar-refractivity contribution < 1.29 is 33.8 Å². The van der Waals surface area contributed by atoms with Crippen LogP contribution < -0.4 is 0 Å². The van der Waals surface area contributed by atoms with Crippen LogP contribution >= 0.6 is 0 Å². The summed E-state index contributed by atoms with van der Waals surface area (Å²) >= 11 is 0. The molecule has 0 saturated carbocycles. The van der Waals surface area contributed by atoms with Crippen LogP contribution in [-0.2, 0) is 28.7 Å². The molecule has 4 aliphatic rings. The third-order valence-electron chi connectivity index (χ3n) is 10.7. The Morgan fingerprint density at radius 3 is 2.35 bits per heavy atom. The Morgan fingerprint density at radius 1 is 0.959 bits per heavy atom. The maximum atomic E-state index is 14.9. The van der Waals surface area contributed by atoms with Crippen molar-refractivity contribution in [2.75, 3.05) is 26.7 Å². The number of likely N-dealkylation sites (N-methyl/N-ethyl adjacent to an activating group) is 1. The zero-order chi connectivity index (χ0) is 35.7. The van der Waals surface area contributed by atoms with Gasteiger partial charge in [0.25, 0.3) is 0 Å². The van der Waals surface area contributed by atoms with E-state index in [4.69, 9.17) is 9.47 Å². The van der Waals surface area contributed by atoms with Crippen molar-refractivity contribution in [3.63, 3.8) is 0 Å². The fourth-order valence-corrected chi connectivity index (χ4v) is 8.64. The van der Waals surface area contributed by atoms with Crippen LogP contribution in [0.15, 0.2) is 54.6 Å². The van der Waals surface area contributed by atoms with E-state index >= 15 is 0 Å². The van der Waals surface area contributed by atoms with Crippen molar-refractivity contribution in [2.24, 2.45) is 17.3 Å². The molecule has 1 spiro atoms. The lowest BCUT2D eigenvalue weighted by Crippen LogP contribution is -2.59. The van der Waals surface area contributed by atoms with Gasteiger partial charge in [-0.15, -0.1) is 0 Å². The first kappa shape index (κ1) is 36.8. The molecule has 268 valence electrons. The van der Waals surface area contributed by atoms with E-state index < -0.39 is 53.2 Å². The van der Waals surface area contributed by atoms with E-state index in [1.165, 1.54) is 0 Å². The summed E-state index contributed by atoms with van der Waals surface area (Å²) in [6, 6.07) is 7.89. The van der Waals surface area contributed by atoms with Crippen molar-refractivity contribution in [3.8, 4) is 0 Å². The number of nitrogens with zero attached hydrogens (tertiary/aromatic N) is 3. The number of rotatable bonds is 8. The van der Waals surface area contributed by atoms with Gasteiger partial charge in [0.1, 0.15) is 23.7 Å². The topological polar surface area (TPSA) is 117 Å². The second kappa shape index (κ2) is 14.4. The zero-order valence-electron chi connectivity index (χ0n) is 30.3. The zero-order valence-corrected chi connectivity index (χ0v) is 30.3. The summed E-state index contributed by atoms with van der Waals surface area (Å²) in [5.41, 5.74) is -1.24. The molecule has 1 N–H and O–H groups in total. The van der Waals surface area contributed by atoms with Gasteiger partial charge in [-0.1, -0.05) is 75.4 Å². The maximum Gasteiger partial charge on any atom is 0.313 e. The van der Waals surface area contributed by atoms with E-state index in [2.05, 4.69) is 34.6 Å². The third kappa shape index (κ3) is 7.22. The smallest absolute Gasteiger partial charge is 0.313 e. The Bertz CT molecular complexity index is 1450.